The summed E-state index contributed by atoms with van der Waals surface area (Å²) in [6.07, 6.45) is 3.89. The van der Waals surface area contributed by atoms with Crippen LogP contribution in [-0.4, -0.2) is 25.7 Å². The summed E-state index contributed by atoms with van der Waals surface area (Å²) in [6.45, 7) is 0.984. The van der Waals surface area contributed by atoms with E-state index in [-0.39, 0.29) is 0 Å². The summed E-state index contributed by atoms with van der Waals surface area (Å²) in [5.74, 6) is 1.51. The van der Waals surface area contributed by atoms with Crippen molar-refractivity contribution in [3.8, 4) is 5.75 Å². The van der Waals surface area contributed by atoms with Crippen LogP contribution in [0, 0.1) is 5.92 Å². The van der Waals surface area contributed by atoms with E-state index in [4.69, 9.17) is 4.74 Å². The molecule has 0 aliphatic carbocycles. The normalized spacial score (nSPS) is 12.3. The first-order valence-corrected chi connectivity index (χ1v) is 7.36. The summed E-state index contributed by atoms with van der Waals surface area (Å²) < 4.78 is 5.43. The van der Waals surface area contributed by atoms with E-state index >= 15 is 0 Å². The molecule has 1 aromatic heterocycles. The first kappa shape index (κ1) is 14.0. The lowest BCUT2D eigenvalue weighted by Gasteiger charge is -2.17. The van der Waals surface area contributed by atoms with Crippen LogP contribution in [0.25, 0.3) is 0 Å². The number of rotatable bonds is 7. The van der Waals surface area contributed by atoms with Gasteiger partial charge in [-0.25, -0.2) is 4.98 Å². The van der Waals surface area contributed by atoms with Crippen LogP contribution in [0.1, 0.15) is 10.6 Å². The van der Waals surface area contributed by atoms with Crippen LogP contribution in [0.3, 0.4) is 0 Å². The molecule has 0 amide bonds. The third kappa shape index (κ3) is 4.04. The van der Waals surface area contributed by atoms with Crippen molar-refractivity contribution in [2.45, 2.75) is 12.8 Å². The Labute approximate surface area is 118 Å². The van der Waals surface area contributed by atoms with Gasteiger partial charge in [-0.3, -0.25) is 0 Å². The second kappa shape index (κ2) is 7.26. The minimum atomic E-state index is 0.535. The summed E-state index contributed by atoms with van der Waals surface area (Å²) in [5.41, 5.74) is 1.27. The largest absolute Gasteiger partial charge is 0.496 e. The fraction of sp³-hybridized carbons (Fsp3) is 0.400. The number of benzene rings is 1. The highest BCUT2D eigenvalue weighted by Gasteiger charge is 2.14. The van der Waals surface area contributed by atoms with E-state index in [1.54, 1.807) is 18.4 Å². The molecular formula is C15H20N2OS. The van der Waals surface area contributed by atoms with Crippen molar-refractivity contribution in [2.24, 2.45) is 5.92 Å². The molecule has 0 saturated heterocycles. The Kier molecular flexibility index (Phi) is 5.36. The molecule has 0 aliphatic heterocycles. The summed E-state index contributed by atoms with van der Waals surface area (Å²) in [4.78, 5) is 4.38. The Bertz CT molecular complexity index is 485. The zero-order valence-corrected chi connectivity index (χ0v) is 12.2. The van der Waals surface area contributed by atoms with Gasteiger partial charge >= 0.3 is 0 Å². The van der Waals surface area contributed by atoms with Crippen LogP contribution in [-0.2, 0) is 12.8 Å². The van der Waals surface area contributed by atoms with Gasteiger partial charge in [0.2, 0.25) is 0 Å². The number of para-hydroxylation sites is 1. The minimum absolute atomic E-state index is 0.535. The molecule has 2 aromatic rings. The maximum absolute atomic E-state index is 5.43. The van der Waals surface area contributed by atoms with Crippen molar-refractivity contribution in [3.05, 3.63) is 46.4 Å². The maximum Gasteiger partial charge on any atom is 0.122 e. The van der Waals surface area contributed by atoms with Crippen LogP contribution in [0.5, 0.6) is 5.75 Å². The topological polar surface area (TPSA) is 34.2 Å². The van der Waals surface area contributed by atoms with Gasteiger partial charge in [0.05, 0.1) is 12.1 Å². The molecule has 1 heterocycles. The first-order valence-electron chi connectivity index (χ1n) is 6.48. The van der Waals surface area contributed by atoms with Gasteiger partial charge < -0.3 is 10.1 Å². The van der Waals surface area contributed by atoms with Crippen LogP contribution in [0.4, 0.5) is 0 Å². The van der Waals surface area contributed by atoms with Gasteiger partial charge in [0.25, 0.3) is 0 Å². The fourth-order valence-electron chi connectivity index (χ4n) is 2.29. The second-order valence-electron chi connectivity index (χ2n) is 4.57. The van der Waals surface area contributed by atoms with E-state index in [0.717, 1.165) is 25.1 Å². The highest BCUT2D eigenvalue weighted by Crippen LogP contribution is 2.23. The molecule has 4 heteroatoms. The van der Waals surface area contributed by atoms with E-state index in [1.165, 1.54) is 10.6 Å². The summed E-state index contributed by atoms with van der Waals surface area (Å²) >= 11 is 1.73. The second-order valence-corrected chi connectivity index (χ2v) is 5.55. The van der Waals surface area contributed by atoms with E-state index in [1.807, 2.05) is 30.8 Å². The third-order valence-electron chi connectivity index (χ3n) is 3.14. The molecule has 102 valence electrons. The Morgan fingerprint density at radius 1 is 1.32 bits per heavy atom. The lowest BCUT2D eigenvalue weighted by atomic mass is 9.95. The molecule has 0 fully saturated rings. The number of nitrogens with one attached hydrogen (secondary N) is 1. The van der Waals surface area contributed by atoms with Gasteiger partial charge in [0.15, 0.2) is 0 Å². The molecule has 0 bridgehead atoms. The van der Waals surface area contributed by atoms with Crippen molar-refractivity contribution in [3.63, 3.8) is 0 Å². The van der Waals surface area contributed by atoms with E-state index < -0.39 is 0 Å². The van der Waals surface area contributed by atoms with Gasteiger partial charge in [0.1, 0.15) is 5.75 Å². The average molecular weight is 276 g/mol. The molecule has 1 atom stereocenters. The van der Waals surface area contributed by atoms with Crippen molar-refractivity contribution < 1.29 is 4.74 Å². The fourth-order valence-corrected chi connectivity index (χ4v) is 3.02. The zero-order chi connectivity index (χ0) is 13.5. The van der Waals surface area contributed by atoms with Crippen LogP contribution >= 0.6 is 11.3 Å². The van der Waals surface area contributed by atoms with E-state index in [9.17, 15) is 0 Å². The monoisotopic (exact) mass is 276 g/mol. The summed E-state index contributed by atoms with van der Waals surface area (Å²) in [5, 5.41) is 6.51. The number of aromatic nitrogens is 1. The van der Waals surface area contributed by atoms with Gasteiger partial charge in [-0.05, 0) is 37.6 Å². The highest BCUT2D eigenvalue weighted by molar-refractivity contribution is 7.09. The Balaban J connectivity index is 2.07. The molecule has 1 N–H and O–H groups in total. The van der Waals surface area contributed by atoms with Gasteiger partial charge in [-0.1, -0.05) is 18.2 Å². The molecule has 0 saturated carbocycles. The molecule has 1 aromatic carbocycles. The minimum Gasteiger partial charge on any atom is -0.496 e. The van der Waals surface area contributed by atoms with Gasteiger partial charge in [-0.15, -0.1) is 11.3 Å². The molecule has 1 unspecified atom stereocenters. The smallest absolute Gasteiger partial charge is 0.122 e. The molecule has 0 spiro atoms. The molecule has 0 aliphatic rings. The van der Waals surface area contributed by atoms with Crippen LogP contribution < -0.4 is 10.1 Å². The predicted molar refractivity (Wildman–Crippen MR) is 79.9 cm³/mol. The predicted octanol–water partition coefficient (Wildman–Crippen LogP) is 2.77. The Morgan fingerprint density at radius 3 is 2.84 bits per heavy atom. The number of hydrogen-bond donors (Lipinski definition) is 1. The summed E-state index contributed by atoms with van der Waals surface area (Å²) in [7, 11) is 3.73. The number of ether oxygens (including phenoxy) is 1. The molecule has 2 rings (SSSR count). The van der Waals surface area contributed by atoms with Crippen molar-refractivity contribution in [2.75, 3.05) is 20.7 Å². The SMILES string of the molecule is CNCC(Cc1nccs1)Cc1ccccc1OC. The average Bonchev–Trinajstić information content (AvgIpc) is 2.92. The maximum atomic E-state index is 5.43. The van der Waals surface area contributed by atoms with E-state index in [0.29, 0.717) is 5.92 Å². The molecule has 3 nitrogen and oxygen atoms in total. The first-order chi connectivity index (χ1) is 9.33. The number of hydrogen-bond acceptors (Lipinski definition) is 4. The number of nitrogens with zero attached hydrogens (tertiary/aromatic N) is 1. The lowest BCUT2D eigenvalue weighted by molar-refractivity contribution is 0.401. The van der Waals surface area contributed by atoms with Gasteiger partial charge in [-0.2, -0.15) is 0 Å². The zero-order valence-electron chi connectivity index (χ0n) is 11.4. The Hall–Kier alpha value is -1.39. The summed E-state index contributed by atoms with van der Waals surface area (Å²) in [6, 6.07) is 8.24. The van der Waals surface area contributed by atoms with E-state index in [2.05, 4.69) is 22.4 Å². The Morgan fingerprint density at radius 2 is 2.16 bits per heavy atom. The number of thiazole rings is 1. The van der Waals surface area contributed by atoms with Crippen molar-refractivity contribution in [1.29, 1.82) is 0 Å². The lowest BCUT2D eigenvalue weighted by Crippen LogP contribution is -2.23. The molecule has 19 heavy (non-hydrogen) atoms. The molecule has 0 radical (unpaired) electrons. The van der Waals surface area contributed by atoms with Crippen molar-refractivity contribution in [1.82, 2.24) is 10.3 Å². The number of methoxy groups -OCH3 is 1. The van der Waals surface area contributed by atoms with Crippen LogP contribution in [0.15, 0.2) is 35.8 Å². The van der Waals surface area contributed by atoms with Gasteiger partial charge in [0, 0.05) is 18.0 Å². The third-order valence-corrected chi connectivity index (χ3v) is 3.94. The van der Waals surface area contributed by atoms with Crippen molar-refractivity contribution >= 4 is 11.3 Å². The molecular weight excluding hydrogens is 256 g/mol. The standard InChI is InChI=1S/C15H20N2OS/c1-16-11-12(10-15-17-7-8-19-15)9-13-5-3-4-6-14(13)18-2/h3-8,12,16H,9-11H2,1-2H3. The van der Waals surface area contributed by atoms with Crippen LogP contribution in [0.2, 0.25) is 0 Å². The highest BCUT2D eigenvalue weighted by atomic mass is 32.1. The quantitative estimate of drug-likeness (QED) is 0.844.